The highest BCUT2D eigenvalue weighted by molar-refractivity contribution is 7.99. The third-order valence-electron chi connectivity index (χ3n) is 5.52. The van der Waals surface area contributed by atoms with Gasteiger partial charge in [0.25, 0.3) is 0 Å². The molecule has 0 saturated carbocycles. The summed E-state index contributed by atoms with van der Waals surface area (Å²) in [5, 5.41) is 8.63. The first-order chi connectivity index (χ1) is 16.1. The molecular formula is C25H36N4O3S. The number of nitrogens with zero attached hydrogens (tertiary/aromatic N) is 3. The van der Waals surface area contributed by atoms with Gasteiger partial charge in [-0.25, -0.2) is 9.48 Å². The lowest BCUT2D eigenvalue weighted by Crippen LogP contribution is -2.29. The molecule has 1 N–H and O–H groups in total. The van der Waals surface area contributed by atoms with Crippen molar-refractivity contribution in [3.8, 4) is 5.75 Å². The van der Waals surface area contributed by atoms with Gasteiger partial charge < -0.3 is 14.8 Å². The van der Waals surface area contributed by atoms with Gasteiger partial charge in [0, 0.05) is 5.70 Å². The highest BCUT2D eigenvalue weighted by atomic mass is 32.2. The second-order valence-electron chi connectivity index (χ2n) is 8.13. The number of carbonyl (C=O) groups is 1. The van der Waals surface area contributed by atoms with Crippen molar-refractivity contribution in [2.45, 2.75) is 77.4 Å². The molecule has 180 valence electrons. The number of ether oxygens (including phenoxy) is 2. The van der Waals surface area contributed by atoms with Gasteiger partial charge in [-0.2, -0.15) is 4.98 Å². The van der Waals surface area contributed by atoms with Crippen molar-refractivity contribution in [1.82, 2.24) is 14.8 Å². The second-order valence-corrected chi connectivity index (χ2v) is 9.36. The lowest BCUT2D eigenvalue weighted by molar-refractivity contribution is -0.139. The number of anilines is 1. The van der Waals surface area contributed by atoms with Gasteiger partial charge in [-0.1, -0.05) is 70.3 Å². The molecule has 0 spiro atoms. The Balaban J connectivity index is 1.85. The summed E-state index contributed by atoms with van der Waals surface area (Å²) in [4.78, 5) is 17.7. The molecule has 0 bridgehead atoms. The molecule has 33 heavy (non-hydrogen) atoms. The summed E-state index contributed by atoms with van der Waals surface area (Å²) >= 11 is 1.57. The van der Waals surface area contributed by atoms with E-state index < -0.39 is 6.04 Å². The van der Waals surface area contributed by atoms with E-state index in [2.05, 4.69) is 31.1 Å². The van der Waals surface area contributed by atoms with Crippen LogP contribution in [0.3, 0.4) is 0 Å². The van der Waals surface area contributed by atoms with Gasteiger partial charge in [0.1, 0.15) is 11.8 Å². The molecular weight excluding hydrogens is 436 g/mol. The Morgan fingerprint density at radius 2 is 1.82 bits per heavy atom. The molecule has 1 aliphatic rings. The number of unbranched alkanes of at least 4 members (excludes halogenated alkanes) is 4. The van der Waals surface area contributed by atoms with Gasteiger partial charge in [-0.05, 0) is 43.2 Å². The number of hydrogen-bond donors (Lipinski definition) is 1. The topological polar surface area (TPSA) is 78.3 Å². The molecule has 7 nitrogen and oxygen atoms in total. The number of benzene rings is 1. The average Bonchev–Trinajstić information content (AvgIpc) is 3.20. The van der Waals surface area contributed by atoms with Crippen LogP contribution >= 0.6 is 11.8 Å². The number of nitrogens with one attached hydrogen (secondary N) is 1. The van der Waals surface area contributed by atoms with Crippen LogP contribution in [0.15, 0.2) is 40.7 Å². The Morgan fingerprint density at radius 3 is 2.52 bits per heavy atom. The quantitative estimate of drug-likeness (QED) is 0.218. The van der Waals surface area contributed by atoms with E-state index in [-0.39, 0.29) is 5.97 Å². The van der Waals surface area contributed by atoms with Crippen LogP contribution in [0.2, 0.25) is 0 Å². The first-order valence-electron chi connectivity index (χ1n) is 12.1. The monoisotopic (exact) mass is 472 g/mol. The van der Waals surface area contributed by atoms with E-state index in [0.717, 1.165) is 42.0 Å². The van der Waals surface area contributed by atoms with Crippen molar-refractivity contribution in [1.29, 1.82) is 0 Å². The molecule has 1 atom stereocenters. The van der Waals surface area contributed by atoms with Crippen molar-refractivity contribution < 1.29 is 14.3 Å². The minimum atomic E-state index is -0.410. The zero-order valence-corrected chi connectivity index (χ0v) is 21.0. The van der Waals surface area contributed by atoms with E-state index in [0.29, 0.717) is 29.9 Å². The molecule has 0 radical (unpaired) electrons. The van der Waals surface area contributed by atoms with E-state index in [1.165, 1.54) is 19.3 Å². The number of thioether (sulfide) groups is 1. The summed E-state index contributed by atoms with van der Waals surface area (Å²) in [5.74, 6) is 2.02. The van der Waals surface area contributed by atoms with Gasteiger partial charge in [0.15, 0.2) is 0 Å². The molecule has 0 aliphatic carbocycles. The highest BCUT2D eigenvalue weighted by Crippen LogP contribution is 2.37. The predicted octanol–water partition coefficient (Wildman–Crippen LogP) is 5.98. The summed E-state index contributed by atoms with van der Waals surface area (Å²) in [6.45, 7) is 9.36. The summed E-state index contributed by atoms with van der Waals surface area (Å²) in [6, 6.07) is 7.52. The number of allylic oxidation sites excluding steroid dienone is 1. The van der Waals surface area contributed by atoms with Crippen molar-refractivity contribution in [2.24, 2.45) is 0 Å². The summed E-state index contributed by atoms with van der Waals surface area (Å²) < 4.78 is 13.3. The standard InChI is InChI=1S/C25H36N4O3S/c1-5-8-10-11-17-31-20-14-12-19(13-15-20)22-21(23(30)32-16-9-6-2)18(4)26-24-27-25(33-7-3)28-29(22)24/h12-15,22H,5-11,16-17H2,1-4H3,(H,26,27,28). The fraction of sp³-hybridized carbons (Fsp3) is 0.560. The third-order valence-corrected chi connectivity index (χ3v) is 6.24. The first-order valence-corrected chi connectivity index (χ1v) is 13.0. The van der Waals surface area contributed by atoms with E-state index in [9.17, 15) is 4.79 Å². The van der Waals surface area contributed by atoms with Crippen molar-refractivity contribution in [3.05, 3.63) is 41.1 Å². The molecule has 1 aromatic heterocycles. The molecule has 2 aromatic rings. The third kappa shape index (κ3) is 6.53. The number of fused-ring (bicyclic) bond motifs is 1. The van der Waals surface area contributed by atoms with Gasteiger partial charge in [-0.15, -0.1) is 5.10 Å². The zero-order chi connectivity index (χ0) is 23.6. The van der Waals surface area contributed by atoms with Crippen molar-refractivity contribution in [2.75, 3.05) is 24.3 Å². The molecule has 0 saturated heterocycles. The Labute approximate surface area is 201 Å². The van der Waals surface area contributed by atoms with E-state index in [1.54, 1.807) is 16.4 Å². The van der Waals surface area contributed by atoms with Gasteiger partial charge in [-0.3, -0.25) is 0 Å². The summed E-state index contributed by atoms with van der Waals surface area (Å²) in [7, 11) is 0. The largest absolute Gasteiger partial charge is 0.494 e. The molecule has 1 aromatic carbocycles. The Kier molecular flexibility index (Phi) is 9.66. The van der Waals surface area contributed by atoms with Crippen LogP contribution in [0.25, 0.3) is 0 Å². The lowest BCUT2D eigenvalue weighted by atomic mass is 9.96. The van der Waals surface area contributed by atoms with Gasteiger partial charge in [0.2, 0.25) is 11.1 Å². The number of rotatable bonds is 13. The lowest BCUT2D eigenvalue weighted by Gasteiger charge is -2.28. The number of carbonyl (C=O) groups excluding carboxylic acids is 1. The van der Waals surface area contributed by atoms with Crippen LogP contribution in [0.4, 0.5) is 5.95 Å². The first kappa shape index (κ1) is 25.1. The second kappa shape index (κ2) is 12.7. The normalized spacial score (nSPS) is 15.2. The van der Waals surface area contributed by atoms with Crippen LogP contribution in [-0.4, -0.2) is 39.7 Å². The SMILES string of the molecule is CCCCCCOc1ccc(C2C(C(=O)OCCCC)=C(C)Nc3nc(SCC)nn32)cc1. The predicted molar refractivity (Wildman–Crippen MR) is 133 cm³/mol. The maximum atomic E-state index is 13.1. The maximum Gasteiger partial charge on any atom is 0.338 e. The summed E-state index contributed by atoms with van der Waals surface area (Å²) in [5.41, 5.74) is 2.24. The minimum Gasteiger partial charge on any atom is -0.494 e. The van der Waals surface area contributed by atoms with Crippen LogP contribution < -0.4 is 10.1 Å². The maximum absolute atomic E-state index is 13.1. The molecule has 8 heteroatoms. The molecule has 1 aliphatic heterocycles. The van der Waals surface area contributed by atoms with Gasteiger partial charge in [0.05, 0.1) is 18.8 Å². The van der Waals surface area contributed by atoms with Crippen molar-refractivity contribution in [3.63, 3.8) is 0 Å². The van der Waals surface area contributed by atoms with E-state index in [1.807, 2.05) is 31.2 Å². The number of aromatic nitrogens is 3. The fourth-order valence-electron chi connectivity index (χ4n) is 3.75. The highest BCUT2D eigenvalue weighted by Gasteiger charge is 2.35. The van der Waals surface area contributed by atoms with E-state index >= 15 is 0 Å². The minimum absolute atomic E-state index is 0.319. The molecule has 0 amide bonds. The van der Waals surface area contributed by atoms with Gasteiger partial charge >= 0.3 is 5.97 Å². The van der Waals surface area contributed by atoms with Crippen LogP contribution in [-0.2, 0) is 9.53 Å². The Hall–Kier alpha value is -2.48. The Morgan fingerprint density at radius 1 is 1.06 bits per heavy atom. The number of hydrogen-bond acceptors (Lipinski definition) is 7. The zero-order valence-electron chi connectivity index (χ0n) is 20.2. The van der Waals surface area contributed by atoms with Crippen LogP contribution in [0.5, 0.6) is 5.75 Å². The molecule has 3 rings (SSSR count). The smallest absolute Gasteiger partial charge is 0.338 e. The molecule has 1 unspecified atom stereocenters. The van der Waals surface area contributed by atoms with E-state index in [4.69, 9.17) is 14.6 Å². The Bertz CT molecular complexity index is 940. The molecule has 2 heterocycles. The van der Waals surface area contributed by atoms with Crippen LogP contribution in [0, 0.1) is 0 Å². The summed E-state index contributed by atoms with van der Waals surface area (Å²) in [6.07, 6.45) is 6.50. The number of esters is 1. The molecule has 0 fully saturated rings. The fourth-order valence-corrected chi connectivity index (χ4v) is 4.30. The van der Waals surface area contributed by atoms with Crippen molar-refractivity contribution >= 4 is 23.7 Å². The van der Waals surface area contributed by atoms with Crippen LogP contribution in [0.1, 0.15) is 77.8 Å². The average molecular weight is 473 g/mol.